The normalized spacial score (nSPS) is 12.6. The summed E-state index contributed by atoms with van der Waals surface area (Å²) in [4.78, 5) is 4.09. The maximum atomic E-state index is 5.95. The first kappa shape index (κ1) is 11.3. The molecule has 0 fully saturated rings. The van der Waals surface area contributed by atoms with Crippen LogP contribution in [-0.2, 0) is 0 Å². The second-order valence-electron chi connectivity index (χ2n) is 3.75. The molecule has 0 amide bonds. The van der Waals surface area contributed by atoms with Gasteiger partial charge in [0.25, 0.3) is 0 Å². The van der Waals surface area contributed by atoms with Gasteiger partial charge in [0, 0.05) is 12.7 Å². The summed E-state index contributed by atoms with van der Waals surface area (Å²) in [5.74, 6) is 0.659. The number of nitrogens with one attached hydrogen (secondary N) is 1. The molecule has 0 radical (unpaired) electrons. The highest BCUT2D eigenvalue weighted by Crippen LogP contribution is 2.20. The Morgan fingerprint density at radius 2 is 2.29 bits per heavy atom. The molecule has 1 aromatic rings. The van der Waals surface area contributed by atoms with Gasteiger partial charge in [-0.3, -0.25) is 0 Å². The number of aromatic nitrogens is 1. The molecule has 78 valence electrons. The van der Waals surface area contributed by atoms with Crippen molar-refractivity contribution in [2.75, 3.05) is 11.9 Å². The van der Waals surface area contributed by atoms with E-state index < -0.39 is 0 Å². The minimum absolute atomic E-state index is 0.555. The molecule has 0 bridgehead atoms. The van der Waals surface area contributed by atoms with Crippen LogP contribution in [-0.4, -0.2) is 11.5 Å². The summed E-state index contributed by atoms with van der Waals surface area (Å²) in [5, 5.41) is 3.86. The highest BCUT2D eigenvalue weighted by molar-refractivity contribution is 6.31. The van der Waals surface area contributed by atoms with Gasteiger partial charge in [-0.2, -0.15) is 0 Å². The minimum atomic E-state index is 0.555. The average molecular weight is 213 g/mol. The Morgan fingerprint density at radius 3 is 2.93 bits per heavy atom. The molecule has 0 saturated heterocycles. The Balaban J connectivity index is 2.62. The molecule has 0 aliphatic carbocycles. The van der Waals surface area contributed by atoms with Crippen LogP contribution in [0.2, 0.25) is 5.15 Å². The zero-order valence-electron chi connectivity index (χ0n) is 8.97. The van der Waals surface area contributed by atoms with Crippen molar-refractivity contribution in [2.45, 2.75) is 27.2 Å². The maximum absolute atomic E-state index is 5.95. The van der Waals surface area contributed by atoms with Crippen LogP contribution in [0, 0.1) is 12.8 Å². The summed E-state index contributed by atoms with van der Waals surface area (Å²) in [6.45, 7) is 7.35. The number of aryl methyl sites for hydroxylation is 1. The van der Waals surface area contributed by atoms with Gasteiger partial charge < -0.3 is 5.32 Å². The van der Waals surface area contributed by atoms with Crippen molar-refractivity contribution in [3.63, 3.8) is 0 Å². The predicted octanol–water partition coefficient (Wildman–Crippen LogP) is 3.50. The van der Waals surface area contributed by atoms with E-state index in [4.69, 9.17) is 11.6 Å². The van der Waals surface area contributed by atoms with Crippen LogP contribution in [0.3, 0.4) is 0 Å². The third kappa shape index (κ3) is 3.18. The van der Waals surface area contributed by atoms with Gasteiger partial charge >= 0.3 is 0 Å². The van der Waals surface area contributed by atoms with E-state index in [0.717, 1.165) is 17.8 Å². The number of halogens is 1. The van der Waals surface area contributed by atoms with Crippen molar-refractivity contribution < 1.29 is 0 Å². The van der Waals surface area contributed by atoms with E-state index in [1.54, 1.807) is 6.20 Å². The molecule has 14 heavy (non-hydrogen) atoms. The SMILES string of the molecule is CCC(C)CNc1cc(C)cnc1Cl. The van der Waals surface area contributed by atoms with Gasteiger partial charge in [-0.05, 0) is 24.5 Å². The fourth-order valence-electron chi connectivity index (χ4n) is 1.11. The minimum Gasteiger partial charge on any atom is -0.382 e. The van der Waals surface area contributed by atoms with E-state index in [-0.39, 0.29) is 0 Å². The largest absolute Gasteiger partial charge is 0.382 e. The number of hydrogen-bond acceptors (Lipinski definition) is 2. The van der Waals surface area contributed by atoms with E-state index in [2.05, 4.69) is 24.1 Å². The van der Waals surface area contributed by atoms with E-state index >= 15 is 0 Å². The average Bonchev–Trinajstić information content (AvgIpc) is 2.19. The standard InChI is InChI=1S/C11H17ClN2/c1-4-8(2)6-13-10-5-9(3)7-14-11(10)12/h5,7-8,13H,4,6H2,1-3H3. The number of rotatable bonds is 4. The Kier molecular flexibility index (Phi) is 4.21. The van der Waals surface area contributed by atoms with Crippen LogP contribution in [0.5, 0.6) is 0 Å². The molecule has 1 rings (SSSR count). The monoisotopic (exact) mass is 212 g/mol. The lowest BCUT2D eigenvalue weighted by molar-refractivity contribution is 0.593. The molecular weight excluding hydrogens is 196 g/mol. The van der Waals surface area contributed by atoms with Crippen LogP contribution in [0.1, 0.15) is 25.8 Å². The second kappa shape index (κ2) is 5.20. The van der Waals surface area contributed by atoms with Gasteiger partial charge in [-0.15, -0.1) is 0 Å². The maximum Gasteiger partial charge on any atom is 0.152 e. The molecule has 0 aliphatic rings. The van der Waals surface area contributed by atoms with Crippen LogP contribution in [0.15, 0.2) is 12.3 Å². The molecule has 0 aromatic carbocycles. The first-order valence-electron chi connectivity index (χ1n) is 4.99. The van der Waals surface area contributed by atoms with Crippen molar-refractivity contribution >= 4 is 17.3 Å². The van der Waals surface area contributed by atoms with Gasteiger partial charge in [0.2, 0.25) is 0 Å². The Bertz CT molecular complexity index is 299. The van der Waals surface area contributed by atoms with Crippen molar-refractivity contribution in [3.05, 3.63) is 23.0 Å². The molecule has 0 saturated carbocycles. The molecule has 3 heteroatoms. The molecule has 1 unspecified atom stereocenters. The van der Waals surface area contributed by atoms with Crippen LogP contribution < -0.4 is 5.32 Å². The Hall–Kier alpha value is -0.760. The van der Waals surface area contributed by atoms with Crippen molar-refractivity contribution in [3.8, 4) is 0 Å². The smallest absolute Gasteiger partial charge is 0.152 e. The zero-order chi connectivity index (χ0) is 10.6. The first-order chi connectivity index (χ1) is 6.63. The third-order valence-electron chi connectivity index (χ3n) is 2.31. The number of nitrogens with zero attached hydrogens (tertiary/aromatic N) is 1. The van der Waals surface area contributed by atoms with Crippen LogP contribution >= 0.6 is 11.6 Å². The Morgan fingerprint density at radius 1 is 1.57 bits per heavy atom. The van der Waals surface area contributed by atoms with Crippen molar-refractivity contribution in [1.82, 2.24) is 4.98 Å². The summed E-state index contributed by atoms with van der Waals surface area (Å²) in [5.41, 5.74) is 2.06. The second-order valence-corrected chi connectivity index (χ2v) is 4.10. The van der Waals surface area contributed by atoms with Crippen LogP contribution in [0.25, 0.3) is 0 Å². The first-order valence-corrected chi connectivity index (χ1v) is 5.37. The lowest BCUT2D eigenvalue weighted by Crippen LogP contribution is -2.10. The highest BCUT2D eigenvalue weighted by atomic mass is 35.5. The number of anilines is 1. The summed E-state index contributed by atoms with van der Waals surface area (Å²) in [6, 6.07) is 2.03. The predicted molar refractivity (Wildman–Crippen MR) is 61.9 cm³/mol. The summed E-state index contributed by atoms with van der Waals surface area (Å²) in [6.07, 6.45) is 2.95. The number of pyridine rings is 1. The zero-order valence-corrected chi connectivity index (χ0v) is 9.73. The molecule has 0 aliphatic heterocycles. The Labute approximate surface area is 90.7 Å². The molecule has 0 spiro atoms. The summed E-state index contributed by atoms with van der Waals surface area (Å²) < 4.78 is 0. The van der Waals surface area contributed by atoms with Crippen LogP contribution in [0.4, 0.5) is 5.69 Å². The molecular formula is C11H17ClN2. The van der Waals surface area contributed by atoms with E-state index in [1.165, 1.54) is 6.42 Å². The van der Waals surface area contributed by atoms with Gasteiger partial charge in [-0.25, -0.2) is 4.98 Å². The summed E-state index contributed by atoms with van der Waals surface area (Å²) in [7, 11) is 0. The molecule has 1 atom stereocenters. The lowest BCUT2D eigenvalue weighted by Gasteiger charge is -2.12. The van der Waals surface area contributed by atoms with E-state index in [1.807, 2.05) is 13.0 Å². The van der Waals surface area contributed by atoms with Crippen molar-refractivity contribution in [2.24, 2.45) is 5.92 Å². The van der Waals surface area contributed by atoms with Gasteiger partial charge in [0.1, 0.15) is 0 Å². The molecule has 1 heterocycles. The topological polar surface area (TPSA) is 24.9 Å². The molecule has 1 N–H and O–H groups in total. The van der Waals surface area contributed by atoms with E-state index in [9.17, 15) is 0 Å². The van der Waals surface area contributed by atoms with Gasteiger partial charge in [-0.1, -0.05) is 31.9 Å². The number of hydrogen-bond donors (Lipinski definition) is 1. The van der Waals surface area contributed by atoms with E-state index in [0.29, 0.717) is 11.1 Å². The third-order valence-corrected chi connectivity index (χ3v) is 2.61. The molecule has 2 nitrogen and oxygen atoms in total. The lowest BCUT2D eigenvalue weighted by atomic mass is 10.1. The fraction of sp³-hybridized carbons (Fsp3) is 0.545. The van der Waals surface area contributed by atoms with Gasteiger partial charge in [0.15, 0.2) is 5.15 Å². The fourth-order valence-corrected chi connectivity index (χ4v) is 1.28. The quantitative estimate of drug-likeness (QED) is 0.773. The summed E-state index contributed by atoms with van der Waals surface area (Å²) >= 11 is 5.95. The van der Waals surface area contributed by atoms with Crippen molar-refractivity contribution in [1.29, 1.82) is 0 Å². The molecule has 1 aromatic heterocycles. The highest BCUT2D eigenvalue weighted by Gasteiger charge is 2.03. The van der Waals surface area contributed by atoms with Gasteiger partial charge in [0.05, 0.1) is 5.69 Å².